The molecule has 2 aromatic heterocycles. The van der Waals surface area contributed by atoms with Crippen LogP contribution in [0.15, 0.2) is 41.8 Å². The second-order valence-corrected chi connectivity index (χ2v) is 6.79. The molecule has 0 saturated carbocycles. The van der Waals surface area contributed by atoms with E-state index in [1.807, 2.05) is 44.2 Å². The van der Waals surface area contributed by atoms with E-state index in [1.165, 1.54) is 32.2 Å². The predicted octanol–water partition coefficient (Wildman–Crippen LogP) is 3.19. The average Bonchev–Trinajstić information content (AvgIpc) is 3.07. The first-order valence-corrected chi connectivity index (χ1v) is 9.25. The zero-order valence-corrected chi connectivity index (χ0v) is 16.4. The molecule has 27 heavy (non-hydrogen) atoms. The maximum absolute atomic E-state index is 12.1. The van der Waals surface area contributed by atoms with E-state index < -0.39 is 5.97 Å². The monoisotopic (exact) mass is 384 g/mol. The van der Waals surface area contributed by atoms with Gasteiger partial charge < -0.3 is 9.47 Å². The van der Waals surface area contributed by atoms with Gasteiger partial charge in [-0.25, -0.2) is 14.3 Å². The Morgan fingerprint density at radius 2 is 2.00 bits per heavy atom. The third-order valence-corrected chi connectivity index (χ3v) is 4.79. The Morgan fingerprint density at radius 1 is 1.22 bits per heavy atom. The van der Waals surface area contributed by atoms with E-state index in [9.17, 15) is 4.79 Å². The molecule has 0 radical (unpaired) electrons. The van der Waals surface area contributed by atoms with Gasteiger partial charge in [0.05, 0.1) is 20.5 Å². The Kier molecular flexibility index (Phi) is 5.75. The lowest BCUT2D eigenvalue weighted by Gasteiger charge is -2.10. The molecule has 0 saturated heterocycles. The maximum Gasteiger partial charge on any atom is 0.341 e. The summed E-state index contributed by atoms with van der Waals surface area (Å²) in [6.45, 7) is 3.90. The third kappa shape index (κ3) is 4.11. The van der Waals surface area contributed by atoms with Crippen LogP contribution in [0.4, 0.5) is 0 Å². The lowest BCUT2D eigenvalue weighted by molar-refractivity contribution is -0.133. The van der Waals surface area contributed by atoms with Crippen LogP contribution in [0.5, 0.6) is 0 Å². The van der Waals surface area contributed by atoms with Crippen LogP contribution < -0.4 is 0 Å². The number of ether oxygens (including phenoxy) is 2. The minimum absolute atomic E-state index is 0.368. The number of nitrogens with zero attached hydrogens (tertiary/aromatic N) is 4. The molecule has 0 aliphatic carbocycles. The van der Waals surface area contributed by atoms with Crippen LogP contribution in [0.3, 0.4) is 0 Å². The standard InChI is InChI=1S/C19H20N4O3S/c1-12-9-13(2)23-18(20-12)21-19(22-23)27-11-14-7-5-6-8-15(14)16(10-25-3)17(24)26-4/h5-10H,11H2,1-4H3/b16-10+. The van der Waals surface area contributed by atoms with Crippen molar-refractivity contribution in [3.05, 3.63) is 59.1 Å². The van der Waals surface area contributed by atoms with Gasteiger partial charge in [0.25, 0.3) is 5.78 Å². The summed E-state index contributed by atoms with van der Waals surface area (Å²) in [7, 11) is 2.85. The summed E-state index contributed by atoms with van der Waals surface area (Å²) >= 11 is 1.48. The number of fused-ring (bicyclic) bond motifs is 1. The summed E-state index contributed by atoms with van der Waals surface area (Å²) < 4.78 is 11.7. The van der Waals surface area contributed by atoms with Crippen LogP contribution >= 0.6 is 11.8 Å². The second-order valence-electron chi connectivity index (χ2n) is 5.85. The van der Waals surface area contributed by atoms with Gasteiger partial charge in [-0.05, 0) is 31.0 Å². The lowest BCUT2D eigenvalue weighted by Crippen LogP contribution is -2.06. The molecule has 0 aliphatic heterocycles. The molecule has 2 heterocycles. The highest BCUT2D eigenvalue weighted by molar-refractivity contribution is 7.98. The highest BCUT2D eigenvalue weighted by atomic mass is 32.2. The highest BCUT2D eigenvalue weighted by Gasteiger charge is 2.17. The van der Waals surface area contributed by atoms with E-state index >= 15 is 0 Å². The number of aromatic nitrogens is 4. The summed E-state index contributed by atoms with van der Waals surface area (Å²) in [6.07, 6.45) is 1.40. The fraction of sp³-hybridized carbons (Fsp3) is 0.263. The van der Waals surface area contributed by atoms with Crippen molar-refractivity contribution in [2.75, 3.05) is 14.2 Å². The summed E-state index contributed by atoms with van der Waals surface area (Å²) in [5.74, 6) is 0.719. The van der Waals surface area contributed by atoms with Crippen molar-refractivity contribution in [3.8, 4) is 0 Å². The first-order valence-electron chi connectivity index (χ1n) is 8.27. The Labute approximate surface area is 161 Å². The van der Waals surface area contributed by atoms with Gasteiger partial charge in [0.1, 0.15) is 5.57 Å². The topological polar surface area (TPSA) is 78.6 Å². The van der Waals surface area contributed by atoms with Crippen LogP contribution in [-0.2, 0) is 20.0 Å². The quantitative estimate of drug-likeness (QED) is 0.279. The zero-order chi connectivity index (χ0) is 19.4. The van der Waals surface area contributed by atoms with E-state index in [1.54, 1.807) is 4.52 Å². The number of methoxy groups -OCH3 is 2. The smallest absolute Gasteiger partial charge is 0.341 e. The normalized spacial score (nSPS) is 11.6. The van der Waals surface area contributed by atoms with Crippen molar-refractivity contribution in [1.82, 2.24) is 19.6 Å². The van der Waals surface area contributed by atoms with Gasteiger partial charge in [0.15, 0.2) is 0 Å². The molecule has 0 bridgehead atoms. The second kappa shape index (κ2) is 8.22. The molecule has 0 fully saturated rings. The minimum atomic E-state index is -0.449. The molecule has 0 spiro atoms. The van der Waals surface area contributed by atoms with Crippen molar-refractivity contribution in [2.45, 2.75) is 24.8 Å². The Balaban J connectivity index is 1.88. The number of thioether (sulfide) groups is 1. The van der Waals surface area contributed by atoms with Gasteiger partial charge in [0.2, 0.25) is 5.16 Å². The van der Waals surface area contributed by atoms with Crippen molar-refractivity contribution in [3.63, 3.8) is 0 Å². The Morgan fingerprint density at radius 3 is 2.74 bits per heavy atom. The fourth-order valence-corrected chi connectivity index (χ4v) is 3.53. The molecule has 1 aromatic carbocycles. The molecular weight excluding hydrogens is 364 g/mol. The molecule has 3 aromatic rings. The number of benzene rings is 1. The molecule has 0 aliphatic rings. The largest absolute Gasteiger partial charge is 0.503 e. The first kappa shape index (κ1) is 18.9. The zero-order valence-electron chi connectivity index (χ0n) is 15.6. The fourth-order valence-electron chi connectivity index (χ4n) is 2.71. The van der Waals surface area contributed by atoms with Crippen LogP contribution in [0.1, 0.15) is 22.5 Å². The lowest BCUT2D eigenvalue weighted by atomic mass is 10.0. The van der Waals surface area contributed by atoms with E-state index in [-0.39, 0.29) is 0 Å². The van der Waals surface area contributed by atoms with Gasteiger partial charge in [-0.15, -0.1) is 5.10 Å². The highest BCUT2D eigenvalue weighted by Crippen LogP contribution is 2.27. The molecule has 140 valence electrons. The van der Waals surface area contributed by atoms with Crippen LogP contribution in [-0.4, -0.2) is 39.8 Å². The van der Waals surface area contributed by atoms with Crippen LogP contribution in [0.2, 0.25) is 0 Å². The number of hydrogen-bond acceptors (Lipinski definition) is 7. The van der Waals surface area contributed by atoms with Crippen molar-refractivity contribution >= 4 is 29.1 Å². The summed E-state index contributed by atoms with van der Waals surface area (Å²) in [5, 5.41) is 5.13. The maximum atomic E-state index is 12.1. The van der Waals surface area contributed by atoms with Crippen molar-refractivity contribution < 1.29 is 14.3 Å². The molecule has 0 atom stereocenters. The number of carbonyl (C=O) groups is 1. The van der Waals surface area contributed by atoms with Crippen molar-refractivity contribution in [1.29, 1.82) is 0 Å². The van der Waals surface area contributed by atoms with Gasteiger partial charge in [0, 0.05) is 17.1 Å². The van der Waals surface area contributed by atoms with Crippen molar-refractivity contribution in [2.24, 2.45) is 0 Å². The van der Waals surface area contributed by atoms with E-state index in [2.05, 4.69) is 15.1 Å². The molecule has 0 amide bonds. The summed E-state index contributed by atoms with van der Waals surface area (Å²) in [4.78, 5) is 21.0. The minimum Gasteiger partial charge on any atom is -0.503 e. The van der Waals surface area contributed by atoms with Crippen LogP contribution in [0.25, 0.3) is 11.4 Å². The number of carbonyl (C=O) groups excluding carboxylic acids is 1. The predicted molar refractivity (Wildman–Crippen MR) is 103 cm³/mol. The van der Waals surface area contributed by atoms with Gasteiger partial charge in [-0.1, -0.05) is 36.0 Å². The van der Waals surface area contributed by atoms with Gasteiger partial charge >= 0.3 is 5.97 Å². The average molecular weight is 384 g/mol. The molecule has 3 rings (SSSR count). The molecule has 7 nitrogen and oxygen atoms in total. The van der Waals surface area contributed by atoms with Crippen LogP contribution in [0, 0.1) is 13.8 Å². The SMILES string of the molecule is CO/C=C(/C(=O)OC)c1ccccc1CSc1nc2nc(C)cc(C)n2n1. The third-order valence-electron chi connectivity index (χ3n) is 3.90. The summed E-state index contributed by atoms with van der Waals surface area (Å²) in [6, 6.07) is 9.58. The molecule has 0 N–H and O–H groups in total. The molecule has 8 heteroatoms. The number of esters is 1. The van der Waals surface area contributed by atoms with Gasteiger partial charge in [-0.2, -0.15) is 4.98 Å². The molecular formula is C19H20N4O3S. The summed E-state index contributed by atoms with van der Waals surface area (Å²) in [5.41, 5.74) is 3.96. The Hall–Kier alpha value is -2.87. The van der Waals surface area contributed by atoms with E-state index in [0.717, 1.165) is 22.5 Å². The molecule has 0 unspecified atom stereocenters. The number of aryl methyl sites for hydroxylation is 2. The number of hydrogen-bond donors (Lipinski definition) is 0. The van der Waals surface area contributed by atoms with E-state index in [0.29, 0.717) is 22.3 Å². The number of rotatable bonds is 6. The van der Waals surface area contributed by atoms with Gasteiger partial charge in [-0.3, -0.25) is 0 Å². The van der Waals surface area contributed by atoms with E-state index in [4.69, 9.17) is 9.47 Å². The first-order chi connectivity index (χ1) is 13.0. The Bertz CT molecular complexity index is 1010.